The van der Waals surface area contributed by atoms with E-state index in [1.165, 1.54) is 0 Å². The molecular formula is C17H15N3O2. The first-order valence-corrected chi connectivity index (χ1v) is 7.17. The van der Waals surface area contributed by atoms with Gasteiger partial charge in [0.15, 0.2) is 5.78 Å². The molecule has 0 atom stereocenters. The first-order valence-electron chi connectivity index (χ1n) is 7.17. The maximum absolute atomic E-state index is 12.1. The summed E-state index contributed by atoms with van der Waals surface area (Å²) in [6.45, 7) is 0.371. The van der Waals surface area contributed by atoms with Crippen LogP contribution in [0.4, 0.5) is 0 Å². The Kier molecular flexibility index (Phi) is 3.75. The van der Waals surface area contributed by atoms with Crippen LogP contribution in [0, 0.1) is 17.2 Å². The minimum Gasteiger partial charge on any atom is -0.356 e. The Labute approximate surface area is 128 Å². The maximum Gasteiger partial charge on any atom is 0.267 e. The lowest BCUT2D eigenvalue weighted by Gasteiger charge is -2.04. The van der Waals surface area contributed by atoms with Gasteiger partial charge >= 0.3 is 0 Å². The molecule has 1 aliphatic carbocycles. The van der Waals surface area contributed by atoms with Crippen LogP contribution in [-0.4, -0.2) is 16.7 Å². The van der Waals surface area contributed by atoms with Crippen molar-refractivity contribution in [2.75, 3.05) is 0 Å². The highest BCUT2D eigenvalue weighted by Gasteiger charge is 2.31. The number of nitrogens with one attached hydrogen (secondary N) is 2. The number of aromatic amines is 1. The number of hydrogen-bond acceptors (Lipinski definition) is 3. The number of amides is 1. The molecular weight excluding hydrogens is 278 g/mol. The minimum atomic E-state index is -0.251. The van der Waals surface area contributed by atoms with E-state index in [1.807, 2.05) is 6.07 Å². The van der Waals surface area contributed by atoms with Crippen molar-refractivity contribution in [1.82, 2.24) is 10.3 Å². The van der Waals surface area contributed by atoms with Gasteiger partial charge in [-0.3, -0.25) is 9.59 Å². The molecule has 2 N–H and O–H groups in total. The van der Waals surface area contributed by atoms with Gasteiger partial charge in [-0.1, -0.05) is 12.1 Å². The van der Waals surface area contributed by atoms with E-state index in [0.717, 1.165) is 18.4 Å². The van der Waals surface area contributed by atoms with Crippen LogP contribution in [0.25, 0.3) is 0 Å². The number of aromatic nitrogens is 1. The number of hydrogen-bond donors (Lipinski definition) is 2. The summed E-state index contributed by atoms with van der Waals surface area (Å²) in [5, 5.41) is 11.5. The molecule has 0 bridgehead atoms. The summed E-state index contributed by atoms with van der Waals surface area (Å²) >= 11 is 0. The van der Waals surface area contributed by atoms with E-state index in [4.69, 9.17) is 5.26 Å². The van der Waals surface area contributed by atoms with Crippen LogP contribution in [0.3, 0.4) is 0 Å². The van der Waals surface area contributed by atoms with Crippen molar-refractivity contribution in [3.05, 3.63) is 58.9 Å². The summed E-state index contributed by atoms with van der Waals surface area (Å²) in [6, 6.07) is 10.7. The second kappa shape index (κ2) is 5.86. The van der Waals surface area contributed by atoms with Crippen LogP contribution in [0.1, 0.15) is 44.8 Å². The number of carbonyl (C=O) groups is 2. The molecule has 5 nitrogen and oxygen atoms in total. The summed E-state index contributed by atoms with van der Waals surface area (Å²) in [6.07, 6.45) is 3.49. The van der Waals surface area contributed by atoms with E-state index in [2.05, 4.69) is 10.3 Å². The molecule has 1 aromatic carbocycles. The molecule has 0 spiro atoms. The molecule has 1 saturated carbocycles. The highest BCUT2D eigenvalue weighted by atomic mass is 16.2. The molecule has 1 heterocycles. The van der Waals surface area contributed by atoms with Gasteiger partial charge in [0, 0.05) is 24.2 Å². The fourth-order valence-corrected chi connectivity index (χ4v) is 2.22. The average Bonchev–Trinajstić information content (AvgIpc) is 3.29. The third kappa shape index (κ3) is 3.07. The number of H-pyrrole nitrogens is 1. The zero-order valence-corrected chi connectivity index (χ0v) is 11.9. The Bertz CT molecular complexity index is 749. The summed E-state index contributed by atoms with van der Waals surface area (Å²) in [5.74, 6) is 0.00644. The SMILES string of the molecule is N#Cc1ccc(CNC(=O)c2cc(C(=O)C3CC3)c[nH]2)cc1. The topological polar surface area (TPSA) is 85.8 Å². The highest BCUT2D eigenvalue weighted by Crippen LogP contribution is 2.32. The van der Waals surface area contributed by atoms with Gasteiger partial charge in [-0.05, 0) is 36.6 Å². The largest absolute Gasteiger partial charge is 0.356 e. The molecule has 1 fully saturated rings. The van der Waals surface area contributed by atoms with Crippen molar-refractivity contribution in [1.29, 1.82) is 5.26 Å². The van der Waals surface area contributed by atoms with E-state index in [-0.39, 0.29) is 17.6 Å². The predicted molar refractivity (Wildman–Crippen MR) is 80.2 cm³/mol. The van der Waals surface area contributed by atoms with Crippen LogP contribution in [0.5, 0.6) is 0 Å². The number of carbonyl (C=O) groups excluding carboxylic acids is 2. The van der Waals surface area contributed by atoms with Gasteiger partial charge in [-0.25, -0.2) is 0 Å². The fraction of sp³-hybridized carbons (Fsp3) is 0.235. The van der Waals surface area contributed by atoms with Gasteiger partial charge in [0.05, 0.1) is 11.6 Å². The number of ketones is 1. The number of rotatable bonds is 5. The molecule has 1 aliphatic rings. The van der Waals surface area contributed by atoms with Crippen LogP contribution < -0.4 is 5.32 Å². The van der Waals surface area contributed by atoms with Gasteiger partial charge < -0.3 is 10.3 Å². The van der Waals surface area contributed by atoms with Crippen molar-refractivity contribution < 1.29 is 9.59 Å². The molecule has 1 amide bonds. The zero-order chi connectivity index (χ0) is 15.5. The molecule has 0 saturated heterocycles. The normalized spacial score (nSPS) is 13.4. The summed E-state index contributed by atoms with van der Waals surface area (Å²) in [4.78, 5) is 26.8. The highest BCUT2D eigenvalue weighted by molar-refractivity contribution is 6.02. The molecule has 0 radical (unpaired) electrons. The lowest BCUT2D eigenvalue weighted by Crippen LogP contribution is -2.23. The average molecular weight is 293 g/mol. The van der Waals surface area contributed by atoms with Crippen LogP contribution in [0.2, 0.25) is 0 Å². The number of Topliss-reactive ketones (excluding diaryl/α,β-unsaturated/α-hetero) is 1. The van der Waals surface area contributed by atoms with E-state index < -0.39 is 0 Å². The van der Waals surface area contributed by atoms with Crippen LogP contribution in [-0.2, 0) is 6.54 Å². The molecule has 2 aromatic rings. The standard InChI is InChI=1S/C17H15N3O2/c18-8-11-1-3-12(4-2-11)9-20-17(22)15-7-14(10-19-15)16(21)13-5-6-13/h1-4,7,10,13,19H,5-6,9H2,(H,20,22). The molecule has 110 valence electrons. The van der Waals surface area contributed by atoms with Crippen molar-refractivity contribution in [2.45, 2.75) is 19.4 Å². The van der Waals surface area contributed by atoms with Crippen LogP contribution >= 0.6 is 0 Å². The minimum absolute atomic E-state index is 0.113. The van der Waals surface area contributed by atoms with Crippen molar-refractivity contribution >= 4 is 11.7 Å². The lowest BCUT2D eigenvalue weighted by molar-refractivity contribution is 0.0946. The third-order valence-corrected chi connectivity index (χ3v) is 3.70. The Balaban J connectivity index is 1.59. The monoisotopic (exact) mass is 293 g/mol. The van der Waals surface area contributed by atoms with Crippen LogP contribution in [0.15, 0.2) is 36.5 Å². The smallest absolute Gasteiger partial charge is 0.267 e. The first-order chi connectivity index (χ1) is 10.7. The summed E-state index contributed by atoms with van der Waals surface area (Å²) < 4.78 is 0. The lowest BCUT2D eigenvalue weighted by atomic mass is 10.1. The fourth-order valence-electron chi connectivity index (χ4n) is 2.22. The molecule has 5 heteroatoms. The molecule has 3 rings (SSSR count). The van der Waals surface area contributed by atoms with Gasteiger partial charge in [-0.2, -0.15) is 5.26 Å². The molecule has 22 heavy (non-hydrogen) atoms. The molecule has 0 unspecified atom stereocenters. The van der Waals surface area contributed by atoms with Gasteiger partial charge in [-0.15, -0.1) is 0 Å². The van der Waals surface area contributed by atoms with Crippen molar-refractivity contribution in [3.8, 4) is 6.07 Å². The van der Waals surface area contributed by atoms with Crippen molar-refractivity contribution in [3.63, 3.8) is 0 Å². The zero-order valence-electron chi connectivity index (χ0n) is 11.9. The van der Waals surface area contributed by atoms with E-state index in [9.17, 15) is 9.59 Å². The number of nitrogens with zero attached hydrogens (tertiary/aromatic N) is 1. The van der Waals surface area contributed by atoms with Gasteiger partial charge in [0.25, 0.3) is 5.91 Å². The number of nitriles is 1. The Morgan fingerprint density at radius 3 is 2.64 bits per heavy atom. The van der Waals surface area contributed by atoms with E-state index in [1.54, 1.807) is 36.5 Å². The van der Waals surface area contributed by atoms with Gasteiger partial charge in [0.2, 0.25) is 0 Å². The maximum atomic E-state index is 12.1. The Morgan fingerprint density at radius 2 is 2.00 bits per heavy atom. The first kappa shape index (κ1) is 14.1. The predicted octanol–water partition coefficient (Wildman–Crippen LogP) is 2.41. The third-order valence-electron chi connectivity index (χ3n) is 3.70. The Hall–Kier alpha value is -2.87. The quantitative estimate of drug-likeness (QED) is 0.830. The van der Waals surface area contributed by atoms with E-state index >= 15 is 0 Å². The summed E-state index contributed by atoms with van der Waals surface area (Å²) in [7, 11) is 0. The van der Waals surface area contributed by atoms with Gasteiger partial charge in [0.1, 0.15) is 5.69 Å². The summed E-state index contributed by atoms with van der Waals surface area (Å²) in [5.41, 5.74) is 2.46. The molecule has 0 aliphatic heterocycles. The second-order valence-electron chi connectivity index (χ2n) is 5.43. The Morgan fingerprint density at radius 1 is 1.27 bits per heavy atom. The number of benzene rings is 1. The second-order valence-corrected chi connectivity index (χ2v) is 5.43. The van der Waals surface area contributed by atoms with Crippen molar-refractivity contribution in [2.24, 2.45) is 5.92 Å². The van der Waals surface area contributed by atoms with E-state index in [0.29, 0.717) is 23.4 Å². The molecule has 1 aromatic heterocycles.